The van der Waals surface area contributed by atoms with E-state index in [9.17, 15) is 24.5 Å². The molecule has 10 heteroatoms. The Labute approximate surface area is 159 Å². The third-order valence-corrected chi connectivity index (χ3v) is 4.10. The second kappa shape index (κ2) is 7.74. The highest BCUT2D eigenvalue weighted by molar-refractivity contribution is 6.05. The minimum atomic E-state index is -0.631. The smallest absolute Gasteiger partial charge is 0.324 e. The summed E-state index contributed by atoms with van der Waals surface area (Å²) in [5, 5.41) is 16.2. The standard InChI is InChI=1S/C18H16N4O6/c1-28-15-6-5-12(8-14(15)22(26)27)17(24)20-13-4-2-3-11(7-13)10-21-16(23)9-19-18(21)25/h2-8H,9-10H2,1H3,(H,19,25)(H,20,24). The van der Waals surface area contributed by atoms with Gasteiger partial charge in [0, 0.05) is 17.3 Å². The fraction of sp³-hybridized carbons (Fsp3) is 0.167. The summed E-state index contributed by atoms with van der Waals surface area (Å²) in [6, 6.07) is 10.1. The Morgan fingerprint density at radius 3 is 2.71 bits per heavy atom. The van der Waals surface area contributed by atoms with Crippen molar-refractivity contribution in [3.63, 3.8) is 0 Å². The van der Waals surface area contributed by atoms with Gasteiger partial charge in [-0.2, -0.15) is 0 Å². The number of benzene rings is 2. The number of nitrogens with zero attached hydrogens (tertiary/aromatic N) is 2. The van der Waals surface area contributed by atoms with Crippen LogP contribution in [0.1, 0.15) is 15.9 Å². The number of ether oxygens (including phenoxy) is 1. The lowest BCUT2D eigenvalue weighted by Gasteiger charge is -2.13. The molecule has 0 bridgehead atoms. The summed E-state index contributed by atoms with van der Waals surface area (Å²) in [5.41, 5.74) is 0.839. The second-order valence-electron chi connectivity index (χ2n) is 5.94. The van der Waals surface area contributed by atoms with E-state index in [2.05, 4.69) is 10.6 Å². The summed E-state index contributed by atoms with van der Waals surface area (Å²) in [6.45, 7) is 0.0356. The zero-order chi connectivity index (χ0) is 20.3. The average Bonchev–Trinajstić information content (AvgIpc) is 2.99. The zero-order valence-electron chi connectivity index (χ0n) is 14.8. The van der Waals surface area contributed by atoms with Gasteiger partial charge < -0.3 is 15.4 Å². The zero-order valence-corrected chi connectivity index (χ0v) is 14.8. The molecule has 28 heavy (non-hydrogen) atoms. The minimum absolute atomic E-state index is 0.0362. The van der Waals surface area contributed by atoms with Gasteiger partial charge in [-0.25, -0.2) is 4.79 Å². The number of carbonyl (C=O) groups is 3. The Hall–Kier alpha value is -3.95. The van der Waals surface area contributed by atoms with E-state index in [1.165, 1.54) is 19.2 Å². The highest BCUT2D eigenvalue weighted by Gasteiger charge is 2.28. The normalized spacial score (nSPS) is 13.2. The Kier molecular flexibility index (Phi) is 5.21. The number of amides is 4. The van der Waals surface area contributed by atoms with Crippen LogP contribution >= 0.6 is 0 Å². The van der Waals surface area contributed by atoms with Crippen molar-refractivity contribution in [1.29, 1.82) is 0 Å². The molecule has 1 heterocycles. The maximum absolute atomic E-state index is 12.4. The number of rotatable bonds is 6. The molecule has 1 fully saturated rings. The van der Waals surface area contributed by atoms with Crippen molar-refractivity contribution in [2.45, 2.75) is 6.54 Å². The molecule has 3 rings (SSSR count). The molecule has 1 saturated heterocycles. The number of nitro benzene ring substituents is 1. The van der Waals surface area contributed by atoms with Gasteiger partial charge in [0.2, 0.25) is 5.91 Å². The highest BCUT2D eigenvalue weighted by atomic mass is 16.6. The Balaban J connectivity index is 1.76. The van der Waals surface area contributed by atoms with Crippen LogP contribution < -0.4 is 15.4 Å². The van der Waals surface area contributed by atoms with Gasteiger partial charge in [0.05, 0.1) is 25.1 Å². The van der Waals surface area contributed by atoms with Gasteiger partial charge in [-0.1, -0.05) is 12.1 Å². The lowest BCUT2D eigenvalue weighted by molar-refractivity contribution is -0.385. The molecule has 1 aliphatic heterocycles. The molecule has 144 valence electrons. The molecule has 2 aromatic carbocycles. The van der Waals surface area contributed by atoms with Crippen LogP contribution in [0.3, 0.4) is 0 Å². The van der Waals surface area contributed by atoms with Crippen LogP contribution in [0.5, 0.6) is 5.75 Å². The molecule has 0 aromatic heterocycles. The molecule has 10 nitrogen and oxygen atoms in total. The number of urea groups is 1. The van der Waals surface area contributed by atoms with Crippen LogP contribution in [-0.4, -0.2) is 41.3 Å². The van der Waals surface area contributed by atoms with Crippen LogP contribution in [-0.2, 0) is 11.3 Å². The topological polar surface area (TPSA) is 131 Å². The van der Waals surface area contributed by atoms with Gasteiger partial charge in [-0.05, 0) is 29.8 Å². The van der Waals surface area contributed by atoms with Gasteiger partial charge in [-0.3, -0.25) is 24.6 Å². The van der Waals surface area contributed by atoms with Crippen molar-refractivity contribution in [2.24, 2.45) is 0 Å². The molecule has 0 saturated carbocycles. The van der Waals surface area contributed by atoms with Crippen LogP contribution in [0.4, 0.5) is 16.2 Å². The van der Waals surface area contributed by atoms with E-state index in [4.69, 9.17) is 4.74 Å². The number of carbonyl (C=O) groups excluding carboxylic acids is 3. The van der Waals surface area contributed by atoms with Crippen molar-refractivity contribution < 1.29 is 24.0 Å². The summed E-state index contributed by atoms with van der Waals surface area (Å²) in [5.74, 6) is -0.819. The predicted molar refractivity (Wildman–Crippen MR) is 98.0 cm³/mol. The highest BCUT2D eigenvalue weighted by Crippen LogP contribution is 2.28. The van der Waals surface area contributed by atoms with E-state index < -0.39 is 16.9 Å². The Morgan fingerprint density at radius 1 is 1.29 bits per heavy atom. The SMILES string of the molecule is COc1ccc(C(=O)Nc2cccc(CN3C(=O)CNC3=O)c2)cc1[N+](=O)[O-]. The molecule has 0 atom stereocenters. The molecule has 2 N–H and O–H groups in total. The van der Waals surface area contributed by atoms with Gasteiger partial charge >= 0.3 is 11.7 Å². The van der Waals surface area contributed by atoms with Crippen molar-refractivity contribution >= 4 is 29.2 Å². The number of anilines is 1. The molecule has 1 aliphatic rings. The van der Waals surface area contributed by atoms with E-state index in [0.29, 0.717) is 11.3 Å². The monoisotopic (exact) mass is 384 g/mol. The molecular formula is C18H16N4O6. The Morgan fingerprint density at radius 2 is 2.07 bits per heavy atom. The maximum atomic E-state index is 12.4. The van der Waals surface area contributed by atoms with E-state index in [1.54, 1.807) is 24.3 Å². The summed E-state index contributed by atoms with van der Waals surface area (Å²) < 4.78 is 4.92. The van der Waals surface area contributed by atoms with Gasteiger partial charge in [0.15, 0.2) is 5.75 Å². The molecule has 0 aliphatic carbocycles. The van der Waals surface area contributed by atoms with Crippen LogP contribution in [0, 0.1) is 10.1 Å². The van der Waals surface area contributed by atoms with Crippen LogP contribution in [0.25, 0.3) is 0 Å². The van der Waals surface area contributed by atoms with Crippen molar-refractivity contribution in [3.05, 3.63) is 63.7 Å². The second-order valence-corrected chi connectivity index (χ2v) is 5.94. The molecule has 0 unspecified atom stereocenters. The molecule has 0 spiro atoms. The van der Waals surface area contributed by atoms with Gasteiger partial charge in [0.1, 0.15) is 0 Å². The number of hydrogen-bond donors (Lipinski definition) is 2. The number of nitrogens with one attached hydrogen (secondary N) is 2. The van der Waals surface area contributed by atoms with E-state index in [-0.39, 0.29) is 36.0 Å². The number of methoxy groups -OCH3 is 1. The third kappa shape index (κ3) is 3.90. The molecule has 4 amide bonds. The van der Waals surface area contributed by atoms with E-state index in [0.717, 1.165) is 11.0 Å². The number of imide groups is 1. The lowest BCUT2D eigenvalue weighted by atomic mass is 10.1. The first kappa shape index (κ1) is 18.8. The number of nitro groups is 1. The van der Waals surface area contributed by atoms with Crippen molar-refractivity contribution in [2.75, 3.05) is 19.0 Å². The quantitative estimate of drug-likeness (QED) is 0.444. The predicted octanol–water partition coefficient (Wildman–Crippen LogP) is 1.91. The van der Waals surface area contributed by atoms with Crippen molar-refractivity contribution in [1.82, 2.24) is 10.2 Å². The fourth-order valence-corrected chi connectivity index (χ4v) is 2.72. The molecule has 2 aromatic rings. The maximum Gasteiger partial charge on any atom is 0.324 e. The number of hydrogen-bond acceptors (Lipinski definition) is 6. The summed E-state index contributed by atoms with van der Waals surface area (Å²) >= 11 is 0. The summed E-state index contributed by atoms with van der Waals surface area (Å²) in [6.07, 6.45) is 0. The third-order valence-electron chi connectivity index (χ3n) is 4.10. The van der Waals surface area contributed by atoms with E-state index >= 15 is 0 Å². The largest absolute Gasteiger partial charge is 0.490 e. The first-order chi connectivity index (χ1) is 13.4. The van der Waals surface area contributed by atoms with Crippen molar-refractivity contribution in [3.8, 4) is 5.75 Å². The van der Waals surface area contributed by atoms with Crippen LogP contribution in [0.2, 0.25) is 0 Å². The lowest BCUT2D eigenvalue weighted by Crippen LogP contribution is -2.30. The first-order valence-electron chi connectivity index (χ1n) is 8.20. The van der Waals surface area contributed by atoms with Gasteiger partial charge in [-0.15, -0.1) is 0 Å². The summed E-state index contributed by atoms with van der Waals surface area (Å²) in [7, 11) is 1.30. The molecular weight excluding hydrogens is 368 g/mol. The molecule has 0 radical (unpaired) electrons. The minimum Gasteiger partial charge on any atom is -0.490 e. The van der Waals surface area contributed by atoms with Crippen LogP contribution in [0.15, 0.2) is 42.5 Å². The first-order valence-corrected chi connectivity index (χ1v) is 8.20. The van der Waals surface area contributed by atoms with E-state index in [1.807, 2.05) is 0 Å². The Bertz CT molecular complexity index is 958. The summed E-state index contributed by atoms with van der Waals surface area (Å²) in [4.78, 5) is 47.3. The van der Waals surface area contributed by atoms with Gasteiger partial charge in [0.25, 0.3) is 5.91 Å². The fourth-order valence-electron chi connectivity index (χ4n) is 2.72. The average molecular weight is 384 g/mol.